The van der Waals surface area contributed by atoms with Gasteiger partial charge in [-0.3, -0.25) is 4.79 Å². The molecule has 2 N–H and O–H groups in total. The largest absolute Gasteiger partial charge is 0.478 e. The molecule has 0 fully saturated rings. The van der Waals surface area contributed by atoms with Crippen LogP contribution in [-0.2, 0) is 15.8 Å². The van der Waals surface area contributed by atoms with Crippen molar-refractivity contribution in [3.63, 3.8) is 0 Å². The summed E-state index contributed by atoms with van der Waals surface area (Å²) in [4.78, 5) is 24.7. The number of alkyl halides is 3. The zero-order valence-electron chi connectivity index (χ0n) is 9.65. The SMILES string of the molecule is Cc1nc(C(F)(F)F)ccc1NC(=O)/C=C\C(=O)O. The molecule has 1 rings (SSSR count). The molecule has 0 spiro atoms. The third kappa shape index (κ3) is 4.41. The van der Waals surface area contributed by atoms with Crippen molar-refractivity contribution in [3.8, 4) is 0 Å². The van der Waals surface area contributed by atoms with Crippen molar-refractivity contribution < 1.29 is 27.9 Å². The molecular formula is C11H9F3N2O3. The Morgan fingerprint density at radius 1 is 1.32 bits per heavy atom. The van der Waals surface area contributed by atoms with Crippen LogP contribution < -0.4 is 5.32 Å². The predicted molar refractivity (Wildman–Crippen MR) is 59.4 cm³/mol. The number of rotatable bonds is 3. The second-order valence-corrected chi connectivity index (χ2v) is 3.49. The van der Waals surface area contributed by atoms with Gasteiger partial charge in [-0.15, -0.1) is 0 Å². The minimum atomic E-state index is -4.56. The van der Waals surface area contributed by atoms with E-state index in [1.165, 1.54) is 6.92 Å². The number of pyridine rings is 1. The fraction of sp³-hybridized carbons (Fsp3) is 0.182. The van der Waals surface area contributed by atoms with E-state index in [9.17, 15) is 22.8 Å². The minimum Gasteiger partial charge on any atom is -0.478 e. The lowest BCUT2D eigenvalue weighted by Gasteiger charge is -2.10. The van der Waals surface area contributed by atoms with Crippen LogP contribution in [0.4, 0.5) is 18.9 Å². The van der Waals surface area contributed by atoms with E-state index < -0.39 is 23.7 Å². The Hall–Kier alpha value is -2.38. The molecule has 1 aromatic rings. The first-order chi connectivity index (χ1) is 8.70. The molecule has 1 heterocycles. The molecule has 19 heavy (non-hydrogen) atoms. The Morgan fingerprint density at radius 3 is 2.42 bits per heavy atom. The average Bonchev–Trinajstić information content (AvgIpc) is 2.27. The van der Waals surface area contributed by atoms with E-state index in [4.69, 9.17) is 5.11 Å². The van der Waals surface area contributed by atoms with Gasteiger partial charge in [-0.25, -0.2) is 9.78 Å². The van der Waals surface area contributed by atoms with Gasteiger partial charge in [-0.1, -0.05) is 0 Å². The van der Waals surface area contributed by atoms with Crippen molar-refractivity contribution in [1.82, 2.24) is 4.98 Å². The number of aliphatic carboxylic acids is 1. The summed E-state index contributed by atoms with van der Waals surface area (Å²) in [6.07, 6.45) is -3.20. The van der Waals surface area contributed by atoms with Crippen molar-refractivity contribution in [2.24, 2.45) is 0 Å². The first-order valence-electron chi connectivity index (χ1n) is 4.97. The summed E-state index contributed by atoms with van der Waals surface area (Å²) < 4.78 is 37.0. The summed E-state index contributed by atoms with van der Waals surface area (Å²) in [5, 5.41) is 10.5. The number of carbonyl (C=O) groups is 2. The van der Waals surface area contributed by atoms with E-state index >= 15 is 0 Å². The highest BCUT2D eigenvalue weighted by Crippen LogP contribution is 2.29. The number of aromatic nitrogens is 1. The number of carboxylic acids is 1. The number of amides is 1. The summed E-state index contributed by atoms with van der Waals surface area (Å²) in [6.45, 7) is 1.30. The maximum Gasteiger partial charge on any atom is 0.433 e. The van der Waals surface area contributed by atoms with Crippen LogP contribution in [-0.4, -0.2) is 22.0 Å². The maximum absolute atomic E-state index is 12.3. The standard InChI is InChI=1S/C11H9F3N2O3/c1-6-7(16-9(17)4-5-10(18)19)2-3-8(15-6)11(12,13)14/h2-5H,1H3,(H,16,17)(H,18,19)/b5-4-. The van der Waals surface area contributed by atoms with Crippen LogP contribution in [0.5, 0.6) is 0 Å². The Kier molecular flexibility index (Phi) is 4.26. The molecule has 1 aromatic heterocycles. The van der Waals surface area contributed by atoms with E-state index in [0.717, 1.165) is 18.2 Å². The van der Waals surface area contributed by atoms with Gasteiger partial charge in [0.1, 0.15) is 5.69 Å². The maximum atomic E-state index is 12.3. The molecule has 0 aliphatic carbocycles. The summed E-state index contributed by atoms with van der Waals surface area (Å²) in [6, 6.07) is 1.78. The third-order valence-corrected chi connectivity index (χ3v) is 2.01. The molecule has 5 nitrogen and oxygen atoms in total. The van der Waals surface area contributed by atoms with Gasteiger partial charge in [0.05, 0.1) is 11.4 Å². The molecule has 0 aliphatic heterocycles. The highest BCUT2D eigenvalue weighted by atomic mass is 19.4. The molecule has 0 saturated heterocycles. The molecule has 0 radical (unpaired) electrons. The van der Waals surface area contributed by atoms with Gasteiger partial charge in [0.2, 0.25) is 5.91 Å². The molecule has 102 valence electrons. The van der Waals surface area contributed by atoms with Gasteiger partial charge in [-0.05, 0) is 19.1 Å². The summed E-state index contributed by atoms with van der Waals surface area (Å²) >= 11 is 0. The molecule has 0 saturated carbocycles. The lowest BCUT2D eigenvalue weighted by molar-refractivity contribution is -0.141. The Balaban J connectivity index is 2.87. The highest BCUT2D eigenvalue weighted by molar-refractivity contribution is 6.02. The normalized spacial score (nSPS) is 11.6. The van der Waals surface area contributed by atoms with Crippen LogP contribution in [0.2, 0.25) is 0 Å². The molecule has 0 aromatic carbocycles. The first-order valence-corrected chi connectivity index (χ1v) is 4.97. The molecule has 1 amide bonds. The van der Waals surface area contributed by atoms with Crippen LogP contribution in [0.3, 0.4) is 0 Å². The zero-order valence-corrected chi connectivity index (χ0v) is 9.65. The number of nitrogens with one attached hydrogen (secondary N) is 1. The number of hydrogen-bond donors (Lipinski definition) is 2. The number of carboxylic acid groups (broad SMARTS) is 1. The molecule has 0 aliphatic rings. The van der Waals surface area contributed by atoms with Crippen molar-refractivity contribution in [3.05, 3.63) is 35.7 Å². The van der Waals surface area contributed by atoms with E-state index in [0.29, 0.717) is 6.08 Å². The third-order valence-electron chi connectivity index (χ3n) is 2.01. The van der Waals surface area contributed by atoms with Crippen LogP contribution in [0, 0.1) is 6.92 Å². The molecule has 0 bridgehead atoms. The lowest BCUT2D eigenvalue weighted by atomic mass is 10.2. The van der Waals surface area contributed by atoms with Crippen molar-refractivity contribution in [2.45, 2.75) is 13.1 Å². The molecule has 0 unspecified atom stereocenters. The number of halogens is 3. The number of hydrogen-bond acceptors (Lipinski definition) is 3. The van der Waals surface area contributed by atoms with Crippen LogP contribution >= 0.6 is 0 Å². The van der Waals surface area contributed by atoms with Crippen molar-refractivity contribution >= 4 is 17.6 Å². The predicted octanol–water partition coefficient (Wildman–Crippen LogP) is 1.99. The smallest absolute Gasteiger partial charge is 0.433 e. The molecule has 8 heteroatoms. The summed E-state index contributed by atoms with van der Waals surface area (Å²) in [7, 11) is 0. The highest BCUT2D eigenvalue weighted by Gasteiger charge is 2.32. The second kappa shape index (κ2) is 5.51. The van der Waals surface area contributed by atoms with E-state index in [-0.39, 0.29) is 11.4 Å². The second-order valence-electron chi connectivity index (χ2n) is 3.49. The quantitative estimate of drug-likeness (QED) is 0.826. The van der Waals surface area contributed by atoms with Gasteiger partial charge in [0.25, 0.3) is 0 Å². The van der Waals surface area contributed by atoms with Gasteiger partial charge >= 0.3 is 12.1 Å². The number of nitrogens with zero attached hydrogens (tertiary/aromatic N) is 1. The summed E-state index contributed by atoms with van der Waals surface area (Å²) in [5.41, 5.74) is -1.01. The van der Waals surface area contributed by atoms with E-state index in [1.807, 2.05) is 0 Å². The molecular weight excluding hydrogens is 265 g/mol. The van der Waals surface area contributed by atoms with Crippen molar-refractivity contribution in [1.29, 1.82) is 0 Å². The van der Waals surface area contributed by atoms with Gasteiger partial charge in [0, 0.05) is 12.2 Å². The van der Waals surface area contributed by atoms with Gasteiger partial charge in [-0.2, -0.15) is 13.2 Å². The van der Waals surface area contributed by atoms with E-state index in [1.54, 1.807) is 0 Å². The Bertz CT molecular complexity index is 538. The van der Waals surface area contributed by atoms with Gasteiger partial charge < -0.3 is 10.4 Å². The lowest BCUT2D eigenvalue weighted by Crippen LogP contribution is -2.13. The van der Waals surface area contributed by atoms with Crippen molar-refractivity contribution in [2.75, 3.05) is 5.32 Å². The number of anilines is 1. The van der Waals surface area contributed by atoms with Gasteiger partial charge in [0.15, 0.2) is 0 Å². The average molecular weight is 274 g/mol. The summed E-state index contributed by atoms with van der Waals surface area (Å²) in [5.74, 6) is -2.08. The zero-order chi connectivity index (χ0) is 14.6. The number of carbonyl (C=O) groups excluding carboxylic acids is 1. The fourth-order valence-corrected chi connectivity index (χ4v) is 1.17. The monoisotopic (exact) mass is 274 g/mol. The minimum absolute atomic E-state index is 0.0214. The van der Waals surface area contributed by atoms with Crippen LogP contribution in [0.25, 0.3) is 0 Å². The Labute approximate surface area is 105 Å². The van der Waals surface area contributed by atoms with Crippen LogP contribution in [0.15, 0.2) is 24.3 Å². The van der Waals surface area contributed by atoms with Crippen LogP contribution in [0.1, 0.15) is 11.4 Å². The fourth-order valence-electron chi connectivity index (χ4n) is 1.17. The first kappa shape index (κ1) is 14.7. The topological polar surface area (TPSA) is 79.3 Å². The molecule has 0 atom stereocenters. The number of aryl methyl sites for hydroxylation is 1. The Morgan fingerprint density at radius 2 is 1.95 bits per heavy atom. The van der Waals surface area contributed by atoms with E-state index in [2.05, 4.69) is 10.3 Å².